The van der Waals surface area contributed by atoms with Crippen molar-refractivity contribution in [3.05, 3.63) is 23.4 Å². The Hall–Kier alpha value is -1.05. The first-order chi connectivity index (χ1) is 8.83. The molecule has 4 atom stereocenters. The lowest BCUT2D eigenvalue weighted by Gasteiger charge is -2.43. The van der Waals surface area contributed by atoms with Gasteiger partial charge in [-0.2, -0.15) is 0 Å². The van der Waals surface area contributed by atoms with Gasteiger partial charge < -0.3 is 5.32 Å². The van der Waals surface area contributed by atoms with E-state index in [4.69, 9.17) is 0 Å². The quantitative estimate of drug-likeness (QED) is 0.695. The molecule has 0 aromatic rings. The largest absolute Gasteiger partial charge is 0.329 e. The SMILES string of the molecule is O=C1CCC2C(=CC=C3C4CCCC4CCC32)N1. The highest BCUT2D eigenvalue weighted by atomic mass is 16.1. The zero-order valence-corrected chi connectivity index (χ0v) is 10.8. The molecule has 1 saturated heterocycles. The van der Waals surface area contributed by atoms with Crippen LogP contribution in [0.4, 0.5) is 0 Å². The Morgan fingerprint density at radius 3 is 2.83 bits per heavy atom. The standard InChI is InChI=1S/C16H21NO/c18-16-9-7-14-13-5-4-10-2-1-3-11(10)12(13)6-8-15(14)17-16/h6,8,10-11,13-14H,1-5,7,9H2,(H,17,18). The summed E-state index contributed by atoms with van der Waals surface area (Å²) in [7, 11) is 0. The molecule has 96 valence electrons. The molecule has 4 aliphatic rings. The molecule has 1 heterocycles. The molecular weight excluding hydrogens is 222 g/mol. The molecule has 1 N–H and O–H groups in total. The van der Waals surface area contributed by atoms with Crippen LogP contribution >= 0.6 is 0 Å². The van der Waals surface area contributed by atoms with Gasteiger partial charge in [-0.3, -0.25) is 4.79 Å². The van der Waals surface area contributed by atoms with Gasteiger partial charge in [0.25, 0.3) is 0 Å². The molecule has 0 radical (unpaired) electrons. The highest BCUT2D eigenvalue weighted by Gasteiger charge is 2.43. The molecule has 0 bridgehead atoms. The van der Waals surface area contributed by atoms with Crippen LogP contribution in [-0.2, 0) is 4.79 Å². The van der Waals surface area contributed by atoms with Crippen molar-refractivity contribution in [2.45, 2.75) is 44.9 Å². The van der Waals surface area contributed by atoms with Crippen LogP contribution in [0.2, 0.25) is 0 Å². The van der Waals surface area contributed by atoms with Crippen molar-refractivity contribution in [2.24, 2.45) is 23.7 Å². The van der Waals surface area contributed by atoms with E-state index < -0.39 is 0 Å². The molecule has 2 saturated carbocycles. The van der Waals surface area contributed by atoms with Gasteiger partial charge in [0.05, 0.1) is 0 Å². The molecule has 3 fully saturated rings. The maximum atomic E-state index is 11.5. The number of nitrogens with one attached hydrogen (secondary N) is 1. The lowest BCUT2D eigenvalue weighted by Crippen LogP contribution is -2.40. The highest BCUT2D eigenvalue weighted by molar-refractivity contribution is 5.79. The summed E-state index contributed by atoms with van der Waals surface area (Å²) in [5, 5.41) is 3.09. The Morgan fingerprint density at radius 2 is 1.89 bits per heavy atom. The molecule has 1 amide bonds. The maximum absolute atomic E-state index is 11.5. The lowest BCUT2D eigenvalue weighted by atomic mass is 9.63. The van der Waals surface area contributed by atoms with Gasteiger partial charge in [-0.05, 0) is 55.9 Å². The summed E-state index contributed by atoms with van der Waals surface area (Å²) in [5.41, 5.74) is 2.94. The number of piperidine rings is 1. The Balaban J connectivity index is 1.68. The number of hydrogen-bond acceptors (Lipinski definition) is 1. The van der Waals surface area contributed by atoms with Gasteiger partial charge in [-0.25, -0.2) is 0 Å². The van der Waals surface area contributed by atoms with Crippen molar-refractivity contribution >= 4 is 5.91 Å². The molecule has 4 unspecified atom stereocenters. The lowest BCUT2D eigenvalue weighted by molar-refractivity contribution is -0.122. The summed E-state index contributed by atoms with van der Waals surface area (Å²) < 4.78 is 0. The summed E-state index contributed by atoms with van der Waals surface area (Å²) in [4.78, 5) is 11.5. The molecular formula is C16H21NO. The number of hydrogen-bond donors (Lipinski definition) is 1. The molecule has 2 nitrogen and oxygen atoms in total. The number of amides is 1. The molecule has 3 aliphatic carbocycles. The first-order valence-corrected chi connectivity index (χ1v) is 7.54. The van der Waals surface area contributed by atoms with Crippen molar-refractivity contribution in [3.8, 4) is 0 Å². The Bertz CT molecular complexity index is 448. The highest BCUT2D eigenvalue weighted by Crippen LogP contribution is 2.52. The second kappa shape index (κ2) is 3.97. The fourth-order valence-corrected chi connectivity index (χ4v) is 4.86. The number of rotatable bonds is 0. The van der Waals surface area contributed by atoms with Crippen LogP contribution in [0.15, 0.2) is 23.4 Å². The van der Waals surface area contributed by atoms with Crippen molar-refractivity contribution < 1.29 is 4.79 Å². The van der Waals surface area contributed by atoms with E-state index >= 15 is 0 Å². The van der Waals surface area contributed by atoms with E-state index in [-0.39, 0.29) is 5.91 Å². The number of carbonyl (C=O) groups excluding carboxylic acids is 1. The minimum atomic E-state index is 0.212. The summed E-state index contributed by atoms with van der Waals surface area (Å²) in [6, 6.07) is 0. The van der Waals surface area contributed by atoms with E-state index in [0.29, 0.717) is 5.92 Å². The van der Waals surface area contributed by atoms with E-state index in [1.54, 1.807) is 5.57 Å². The Morgan fingerprint density at radius 1 is 0.944 bits per heavy atom. The predicted molar refractivity (Wildman–Crippen MR) is 70.6 cm³/mol. The van der Waals surface area contributed by atoms with Gasteiger partial charge in [0.1, 0.15) is 0 Å². The van der Waals surface area contributed by atoms with Crippen molar-refractivity contribution in [2.75, 3.05) is 0 Å². The van der Waals surface area contributed by atoms with Gasteiger partial charge in [0, 0.05) is 18.0 Å². The van der Waals surface area contributed by atoms with E-state index in [9.17, 15) is 4.79 Å². The number of carbonyl (C=O) groups is 1. The van der Waals surface area contributed by atoms with Gasteiger partial charge in [0.2, 0.25) is 5.91 Å². The second-order valence-electron chi connectivity index (χ2n) is 6.46. The van der Waals surface area contributed by atoms with Crippen LogP contribution in [0.3, 0.4) is 0 Å². The topological polar surface area (TPSA) is 29.1 Å². The number of allylic oxidation sites excluding steroid dienone is 4. The fraction of sp³-hybridized carbons (Fsp3) is 0.688. The third kappa shape index (κ3) is 1.51. The minimum absolute atomic E-state index is 0.212. The molecule has 0 aromatic heterocycles. The van der Waals surface area contributed by atoms with E-state index in [0.717, 1.165) is 30.6 Å². The minimum Gasteiger partial charge on any atom is -0.329 e. The Kier molecular flexibility index (Phi) is 2.39. The van der Waals surface area contributed by atoms with Crippen LogP contribution < -0.4 is 5.32 Å². The second-order valence-corrected chi connectivity index (χ2v) is 6.46. The van der Waals surface area contributed by atoms with Crippen molar-refractivity contribution in [1.29, 1.82) is 0 Å². The molecule has 4 rings (SSSR count). The van der Waals surface area contributed by atoms with Gasteiger partial charge >= 0.3 is 0 Å². The first-order valence-electron chi connectivity index (χ1n) is 7.54. The molecule has 0 spiro atoms. The van der Waals surface area contributed by atoms with Crippen LogP contribution in [0.1, 0.15) is 44.9 Å². The summed E-state index contributed by atoms with van der Waals surface area (Å²) in [5.74, 6) is 3.41. The normalized spacial score (nSPS) is 42.1. The average Bonchev–Trinajstić information content (AvgIpc) is 2.86. The van der Waals surface area contributed by atoms with Crippen LogP contribution in [0.5, 0.6) is 0 Å². The van der Waals surface area contributed by atoms with E-state index in [1.807, 2.05) is 0 Å². The summed E-state index contributed by atoms with van der Waals surface area (Å²) in [6.07, 6.45) is 13.4. The third-order valence-corrected chi connectivity index (χ3v) is 5.67. The van der Waals surface area contributed by atoms with Crippen molar-refractivity contribution in [1.82, 2.24) is 5.32 Å². The van der Waals surface area contributed by atoms with Gasteiger partial charge in [-0.1, -0.05) is 18.1 Å². The van der Waals surface area contributed by atoms with E-state index in [1.165, 1.54) is 37.8 Å². The van der Waals surface area contributed by atoms with Gasteiger partial charge in [-0.15, -0.1) is 0 Å². The molecule has 2 heteroatoms. The van der Waals surface area contributed by atoms with Crippen LogP contribution in [0.25, 0.3) is 0 Å². The predicted octanol–water partition coefficient (Wildman–Crippen LogP) is 3.16. The monoisotopic (exact) mass is 243 g/mol. The molecule has 0 aromatic carbocycles. The summed E-state index contributed by atoms with van der Waals surface area (Å²) >= 11 is 0. The molecule has 18 heavy (non-hydrogen) atoms. The zero-order chi connectivity index (χ0) is 12.1. The van der Waals surface area contributed by atoms with Gasteiger partial charge in [0.15, 0.2) is 0 Å². The first kappa shape index (κ1) is 10.8. The number of fused-ring (bicyclic) bond motifs is 5. The van der Waals surface area contributed by atoms with Crippen molar-refractivity contribution in [3.63, 3.8) is 0 Å². The third-order valence-electron chi connectivity index (χ3n) is 5.67. The Labute approximate surface area is 109 Å². The smallest absolute Gasteiger partial charge is 0.224 e. The summed E-state index contributed by atoms with van der Waals surface area (Å²) in [6.45, 7) is 0. The molecule has 1 aliphatic heterocycles. The zero-order valence-electron chi connectivity index (χ0n) is 10.8. The van der Waals surface area contributed by atoms with E-state index in [2.05, 4.69) is 17.5 Å². The van der Waals surface area contributed by atoms with Crippen LogP contribution in [-0.4, -0.2) is 5.91 Å². The fourth-order valence-electron chi connectivity index (χ4n) is 4.86. The average molecular weight is 243 g/mol. The maximum Gasteiger partial charge on any atom is 0.224 e. The van der Waals surface area contributed by atoms with Crippen LogP contribution in [0, 0.1) is 23.7 Å².